The van der Waals surface area contributed by atoms with E-state index in [1.54, 1.807) is 27.7 Å². The highest BCUT2D eigenvalue weighted by Crippen LogP contribution is 2.31. The van der Waals surface area contributed by atoms with Crippen LogP contribution < -0.4 is 5.73 Å². The average Bonchev–Trinajstić information content (AvgIpc) is 2.43. The van der Waals surface area contributed by atoms with Gasteiger partial charge in [0.15, 0.2) is 0 Å². The molecule has 0 saturated carbocycles. The van der Waals surface area contributed by atoms with E-state index in [2.05, 4.69) is 0 Å². The van der Waals surface area contributed by atoms with Gasteiger partial charge < -0.3 is 20.8 Å². The summed E-state index contributed by atoms with van der Waals surface area (Å²) in [5.41, 5.74) is 4.60. The molecule has 0 aromatic heterocycles. The summed E-state index contributed by atoms with van der Waals surface area (Å²) in [6.07, 6.45) is -1.69. The smallest absolute Gasteiger partial charge is 0.230 e. The van der Waals surface area contributed by atoms with Gasteiger partial charge in [0.25, 0.3) is 0 Å². The third-order valence-corrected chi connectivity index (χ3v) is 3.69. The highest BCUT2D eigenvalue weighted by molar-refractivity contribution is 5.83. The number of β-amino-alcohol motifs (C(OH)–C–C–N with tert-alkyl or cyclic N) is 2. The Morgan fingerprint density at radius 3 is 1.88 bits per heavy atom. The Bertz CT molecular complexity index is 273. The minimum atomic E-state index is -0.847. The predicted octanol–water partition coefficient (Wildman–Crippen LogP) is -0.686. The van der Waals surface area contributed by atoms with Crippen LogP contribution in [0.15, 0.2) is 0 Å². The molecule has 1 aliphatic heterocycles. The molecule has 1 amide bonds. The van der Waals surface area contributed by atoms with Gasteiger partial charge in [0.05, 0.1) is 17.6 Å². The van der Waals surface area contributed by atoms with Crippen LogP contribution in [0.25, 0.3) is 0 Å². The molecule has 5 heteroatoms. The first-order valence-corrected chi connectivity index (χ1v) is 5.52. The van der Waals surface area contributed by atoms with E-state index in [0.717, 1.165) is 0 Å². The SMILES string of the molecule is CC(C)(N)C(C)(C)C(=O)N1CC(O)C(O)C1. The maximum atomic E-state index is 12.2. The van der Waals surface area contributed by atoms with E-state index in [1.165, 1.54) is 4.90 Å². The summed E-state index contributed by atoms with van der Waals surface area (Å²) in [6, 6.07) is 0. The van der Waals surface area contributed by atoms with Crippen molar-refractivity contribution in [2.45, 2.75) is 45.4 Å². The van der Waals surface area contributed by atoms with Crippen molar-refractivity contribution in [2.24, 2.45) is 11.1 Å². The molecule has 4 N–H and O–H groups in total. The summed E-state index contributed by atoms with van der Waals surface area (Å²) >= 11 is 0. The Labute approximate surface area is 96.2 Å². The van der Waals surface area contributed by atoms with Crippen LogP contribution in [-0.2, 0) is 4.79 Å². The molecule has 0 bridgehead atoms. The molecule has 5 nitrogen and oxygen atoms in total. The van der Waals surface area contributed by atoms with Crippen LogP contribution in [-0.4, -0.2) is 51.9 Å². The fourth-order valence-electron chi connectivity index (χ4n) is 1.61. The van der Waals surface area contributed by atoms with Crippen molar-refractivity contribution >= 4 is 5.91 Å². The fraction of sp³-hybridized carbons (Fsp3) is 0.909. The van der Waals surface area contributed by atoms with E-state index in [1.807, 2.05) is 0 Å². The molecule has 1 heterocycles. The Kier molecular flexibility index (Phi) is 3.34. The van der Waals surface area contributed by atoms with E-state index >= 15 is 0 Å². The van der Waals surface area contributed by atoms with Crippen molar-refractivity contribution in [1.29, 1.82) is 0 Å². The van der Waals surface area contributed by atoms with Gasteiger partial charge in [-0.3, -0.25) is 4.79 Å². The second-order valence-electron chi connectivity index (χ2n) is 5.69. The van der Waals surface area contributed by atoms with E-state index in [-0.39, 0.29) is 19.0 Å². The molecule has 0 radical (unpaired) electrons. The summed E-state index contributed by atoms with van der Waals surface area (Å²) in [5, 5.41) is 18.8. The van der Waals surface area contributed by atoms with Crippen molar-refractivity contribution in [1.82, 2.24) is 4.90 Å². The number of hydrogen-bond acceptors (Lipinski definition) is 4. The van der Waals surface area contributed by atoms with Crippen LogP contribution in [0, 0.1) is 5.41 Å². The zero-order valence-electron chi connectivity index (χ0n) is 10.4. The van der Waals surface area contributed by atoms with Gasteiger partial charge in [-0.1, -0.05) is 0 Å². The van der Waals surface area contributed by atoms with Crippen LogP contribution in [0.3, 0.4) is 0 Å². The Balaban J connectivity index is 2.80. The van der Waals surface area contributed by atoms with Gasteiger partial charge in [-0.05, 0) is 27.7 Å². The Morgan fingerprint density at radius 2 is 1.56 bits per heavy atom. The van der Waals surface area contributed by atoms with Crippen molar-refractivity contribution in [3.63, 3.8) is 0 Å². The highest BCUT2D eigenvalue weighted by atomic mass is 16.3. The van der Waals surface area contributed by atoms with Gasteiger partial charge in [0.1, 0.15) is 0 Å². The van der Waals surface area contributed by atoms with Gasteiger partial charge in [0, 0.05) is 18.6 Å². The fourth-order valence-corrected chi connectivity index (χ4v) is 1.61. The maximum Gasteiger partial charge on any atom is 0.230 e. The van der Waals surface area contributed by atoms with Gasteiger partial charge in [-0.2, -0.15) is 0 Å². The van der Waals surface area contributed by atoms with E-state index in [0.29, 0.717) is 0 Å². The second-order valence-corrected chi connectivity index (χ2v) is 5.69. The molecule has 1 rings (SSSR count). The minimum Gasteiger partial charge on any atom is -0.388 e. The molecular formula is C11H22N2O3. The zero-order valence-corrected chi connectivity index (χ0v) is 10.4. The first-order valence-electron chi connectivity index (χ1n) is 5.52. The molecule has 2 unspecified atom stereocenters. The molecule has 0 spiro atoms. The molecule has 1 saturated heterocycles. The predicted molar refractivity (Wildman–Crippen MR) is 60.6 cm³/mol. The molecule has 0 aliphatic carbocycles. The summed E-state index contributed by atoms with van der Waals surface area (Å²) in [6.45, 7) is 7.53. The van der Waals surface area contributed by atoms with Crippen molar-refractivity contribution in [2.75, 3.05) is 13.1 Å². The Morgan fingerprint density at radius 1 is 1.19 bits per heavy atom. The molecule has 1 fully saturated rings. The third kappa shape index (κ3) is 2.21. The lowest BCUT2D eigenvalue weighted by molar-refractivity contribution is -0.142. The summed E-state index contributed by atoms with van der Waals surface area (Å²) in [4.78, 5) is 13.7. The van der Waals surface area contributed by atoms with Crippen LogP contribution >= 0.6 is 0 Å². The molecule has 94 valence electrons. The molecule has 2 atom stereocenters. The monoisotopic (exact) mass is 230 g/mol. The normalized spacial score (nSPS) is 27.3. The topological polar surface area (TPSA) is 86.8 Å². The highest BCUT2D eigenvalue weighted by Gasteiger charge is 2.45. The largest absolute Gasteiger partial charge is 0.388 e. The lowest BCUT2D eigenvalue weighted by atomic mass is 9.74. The van der Waals surface area contributed by atoms with E-state index in [9.17, 15) is 15.0 Å². The quantitative estimate of drug-likeness (QED) is 0.586. The number of likely N-dealkylation sites (tertiary alicyclic amines) is 1. The Hall–Kier alpha value is -0.650. The number of aliphatic hydroxyl groups is 2. The van der Waals surface area contributed by atoms with Crippen LogP contribution in [0.1, 0.15) is 27.7 Å². The zero-order chi connectivity index (χ0) is 12.7. The van der Waals surface area contributed by atoms with Gasteiger partial charge >= 0.3 is 0 Å². The van der Waals surface area contributed by atoms with E-state index < -0.39 is 23.2 Å². The first-order chi connectivity index (χ1) is 7.07. The molecule has 0 aromatic carbocycles. The number of hydrogen-bond donors (Lipinski definition) is 3. The first kappa shape index (κ1) is 13.4. The number of carbonyl (C=O) groups excluding carboxylic acids is 1. The van der Waals surface area contributed by atoms with Gasteiger partial charge in [0.2, 0.25) is 5.91 Å². The number of amides is 1. The van der Waals surface area contributed by atoms with Crippen molar-refractivity contribution in [3.05, 3.63) is 0 Å². The van der Waals surface area contributed by atoms with Gasteiger partial charge in [-0.25, -0.2) is 0 Å². The summed E-state index contributed by atoms with van der Waals surface area (Å²) < 4.78 is 0. The van der Waals surface area contributed by atoms with Crippen LogP contribution in [0.2, 0.25) is 0 Å². The van der Waals surface area contributed by atoms with Gasteiger partial charge in [-0.15, -0.1) is 0 Å². The lowest BCUT2D eigenvalue weighted by Gasteiger charge is -2.39. The number of carbonyl (C=O) groups is 1. The van der Waals surface area contributed by atoms with Crippen molar-refractivity contribution in [3.8, 4) is 0 Å². The van der Waals surface area contributed by atoms with Crippen molar-refractivity contribution < 1.29 is 15.0 Å². The maximum absolute atomic E-state index is 12.2. The van der Waals surface area contributed by atoms with Crippen LogP contribution in [0.5, 0.6) is 0 Å². The molecule has 1 aliphatic rings. The van der Waals surface area contributed by atoms with E-state index in [4.69, 9.17) is 5.73 Å². The number of nitrogens with two attached hydrogens (primary N) is 1. The molecule has 16 heavy (non-hydrogen) atoms. The minimum absolute atomic E-state index is 0.129. The third-order valence-electron chi connectivity index (χ3n) is 3.69. The summed E-state index contributed by atoms with van der Waals surface area (Å²) in [7, 11) is 0. The van der Waals surface area contributed by atoms with Crippen LogP contribution in [0.4, 0.5) is 0 Å². The molecule has 0 aromatic rings. The number of rotatable bonds is 2. The second kappa shape index (κ2) is 3.98. The standard InChI is InChI=1S/C11H22N2O3/c1-10(2,11(3,4)12)9(16)13-5-7(14)8(15)6-13/h7-8,14-15H,5-6,12H2,1-4H3. The average molecular weight is 230 g/mol. The summed E-state index contributed by atoms with van der Waals surface area (Å²) in [5.74, 6) is -0.129. The number of aliphatic hydroxyl groups excluding tert-OH is 2. The number of nitrogens with zero attached hydrogens (tertiary/aromatic N) is 1. The lowest BCUT2D eigenvalue weighted by Crippen LogP contribution is -2.56. The molecular weight excluding hydrogens is 208 g/mol.